The number of nitrogens with two attached hydrogens (primary N) is 1. The number of fused-ring (bicyclic) bond motifs is 1. The topological polar surface area (TPSA) is 118 Å². The lowest BCUT2D eigenvalue weighted by Crippen LogP contribution is -2.47. The van der Waals surface area contributed by atoms with E-state index in [1.165, 1.54) is 36.8 Å². The predicted molar refractivity (Wildman–Crippen MR) is 147 cm³/mol. The van der Waals surface area contributed by atoms with E-state index in [2.05, 4.69) is 19.9 Å². The van der Waals surface area contributed by atoms with Crippen molar-refractivity contribution in [2.45, 2.75) is 19.0 Å². The van der Waals surface area contributed by atoms with Gasteiger partial charge in [0.2, 0.25) is 0 Å². The number of amides is 1. The van der Waals surface area contributed by atoms with Crippen molar-refractivity contribution in [2.24, 2.45) is 0 Å². The van der Waals surface area contributed by atoms with E-state index >= 15 is 0 Å². The molecule has 1 aromatic carbocycles. The van der Waals surface area contributed by atoms with Crippen LogP contribution in [0.25, 0.3) is 28.4 Å². The number of rotatable bonds is 7. The Morgan fingerprint density at radius 3 is 2.41 bits per heavy atom. The number of hydrogen-bond acceptors (Lipinski definition) is 8. The summed E-state index contributed by atoms with van der Waals surface area (Å²) in [6, 6.07) is 7.25. The summed E-state index contributed by atoms with van der Waals surface area (Å²) in [5, 5.41) is 0.210. The first-order chi connectivity index (χ1) is 19.6. The molecule has 0 aliphatic carbocycles. The first-order valence-corrected chi connectivity index (χ1v) is 12.9. The van der Waals surface area contributed by atoms with Crippen molar-refractivity contribution in [1.29, 1.82) is 0 Å². The van der Waals surface area contributed by atoms with E-state index in [0.717, 1.165) is 19.2 Å². The number of piperazine rings is 1. The molecule has 41 heavy (non-hydrogen) atoms. The second kappa shape index (κ2) is 11.5. The van der Waals surface area contributed by atoms with Gasteiger partial charge in [0.05, 0.1) is 11.1 Å². The van der Waals surface area contributed by atoms with Gasteiger partial charge < -0.3 is 20.0 Å². The lowest BCUT2D eigenvalue weighted by Gasteiger charge is -2.32. The van der Waals surface area contributed by atoms with Crippen LogP contribution in [-0.2, 0) is 17.4 Å². The summed E-state index contributed by atoms with van der Waals surface area (Å²) in [6.07, 6.45) is 2.62. The minimum Gasteiger partial charge on any atom is -0.460 e. The first kappa shape index (κ1) is 28.0. The molecule has 0 saturated carbocycles. The standard InChI is InChI=1S/C29H27F3N6O3/c1-37-8-10-38(11-9-37)28(40)21-16-35-27(36-17-21)20-12-19-13-23(41-26(19)24(14-20)29(30,31)32)6-5-22(39)4-2-18-3-7-25(33)34-15-18/h2-4,7,12-17H,5-6,8-11H2,1H3,(H2,33,34)/b4-2+. The molecule has 12 heteroatoms. The molecular weight excluding hydrogens is 537 g/mol. The highest BCUT2D eigenvalue weighted by Crippen LogP contribution is 2.39. The van der Waals surface area contributed by atoms with Crippen molar-refractivity contribution in [3.8, 4) is 11.4 Å². The highest BCUT2D eigenvalue weighted by atomic mass is 19.4. The number of likely N-dealkylation sites (N-methyl/N-ethyl adjacent to an activating group) is 1. The summed E-state index contributed by atoms with van der Waals surface area (Å²) >= 11 is 0. The van der Waals surface area contributed by atoms with Gasteiger partial charge in [-0.15, -0.1) is 0 Å². The fourth-order valence-corrected chi connectivity index (χ4v) is 4.48. The fourth-order valence-electron chi connectivity index (χ4n) is 4.48. The van der Waals surface area contributed by atoms with E-state index in [9.17, 15) is 22.8 Å². The molecule has 0 bridgehead atoms. The molecule has 212 valence electrons. The lowest BCUT2D eigenvalue weighted by atomic mass is 10.1. The maximum absolute atomic E-state index is 14.0. The number of furan rings is 1. The Hall–Kier alpha value is -4.58. The molecule has 2 N–H and O–H groups in total. The van der Waals surface area contributed by atoms with Gasteiger partial charge in [-0.25, -0.2) is 15.0 Å². The van der Waals surface area contributed by atoms with Crippen LogP contribution in [0.5, 0.6) is 0 Å². The number of halogens is 3. The number of alkyl halides is 3. The van der Waals surface area contributed by atoms with Crippen LogP contribution < -0.4 is 5.73 Å². The average molecular weight is 565 g/mol. The third kappa shape index (κ3) is 6.60. The number of hydrogen-bond donors (Lipinski definition) is 1. The number of nitrogens with zero attached hydrogens (tertiary/aromatic N) is 5. The molecule has 3 aromatic heterocycles. The van der Waals surface area contributed by atoms with E-state index in [4.69, 9.17) is 10.2 Å². The second-order valence-corrected chi connectivity index (χ2v) is 9.86. The Bertz CT molecular complexity index is 1590. The van der Waals surface area contributed by atoms with E-state index < -0.39 is 11.7 Å². The number of aromatic nitrogens is 3. The number of ketones is 1. The zero-order chi connectivity index (χ0) is 29.1. The van der Waals surface area contributed by atoms with E-state index in [-0.39, 0.29) is 58.2 Å². The number of pyridine rings is 1. The average Bonchev–Trinajstić information content (AvgIpc) is 3.38. The number of nitrogen functional groups attached to an aromatic ring is 1. The Kier molecular flexibility index (Phi) is 7.84. The van der Waals surface area contributed by atoms with Crippen LogP contribution in [-0.4, -0.2) is 69.7 Å². The van der Waals surface area contributed by atoms with Crippen molar-refractivity contribution >= 4 is 34.6 Å². The molecular formula is C29H27F3N6O3. The van der Waals surface area contributed by atoms with Gasteiger partial charge in [0, 0.05) is 68.6 Å². The quantitative estimate of drug-likeness (QED) is 0.326. The third-order valence-electron chi connectivity index (χ3n) is 6.81. The van der Waals surface area contributed by atoms with Gasteiger partial charge in [0.1, 0.15) is 17.2 Å². The maximum Gasteiger partial charge on any atom is 0.420 e. The van der Waals surface area contributed by atoms with Crippen molar-refractivity contribution < 1.29 is 27.2 Å². The smallest absolute Gasteiger partial charge is 0.420 e. The molecule has 1 aliphatic rings. The Morgan fingerprint density at radius 1 is 1.02 bits per heavy atom. The Balaban J connectivity index is 1.34. The number of allylic oxidation sites excluding steroid dienone is 1. The van der Waals surface area contributed by atoms with Gasteiger partial charge >= 0.3 is 6.18 Å². The zero-order valence-electron chi connectivity index (χ0n) is 22.2. The molecule has 0 spiro atoms. The summed E-state index contributed by atoms with van der Waals surface area (Å²) in [5.41, 5.74) is 5.34. The Labute approximate surface area is 233 Å². The SMILES string of the molecule is CN1CCN(C(=O)c2cnc(-c3cc(C(F)(F)F)c4oc(CCC(=O)/C=C/c5ccc(N)nc5)cc4c3)nc2)CC1. The molecule has 1 fully saturated rings. The third-order valence-corrected chi connectivity index (χ3v) is 6.81. The number of aryl methyl sites for hydroxylation is 1. The van der Waals surface area contributed by atoms with Gasteiger partial charge in [-0.1, -0.05) is 0 Å². The molecule has 4 aromatic rings. The molecule has 4 heterocycles. The predicted octanol–water partition coefficient (Wildman–Crippen LogP) is 4.49. The van der Waals surface area contributed by atoms with Crippen molar-refractivity contribution in [1.82, 2.24) is 24.8 Å². The van der Waals surface area contributed by atoms with Crippen molar-refractivity contribution in [3.05, 3.63) is 77.4 Å². The lowest BCUT2D eigenvalue weighted by molar-refractivity contribution is -0.136. The van der Waals surface area contributed by atoms with Crippen LogP contribution in [0.4, 0.5) is 19.0 Å². The maximum atomic E-state index is 14.0. The minimum absolute atomic E-state index is 0.0405. The van der Waals surface area contributed by atoms with Crippen LogP contribution in [0.1, 0.15) is 33.7 Å². The second-order valence-electron chi connectivity index (χ2n) is 9.86. The molecule has 0 unspecified atom stereocenters. The van der Waals surface area contributed by atoms with E-state index in [0.29, 0.717) is 24.5 Å². The summed E-state index contributed by atoms with van der Waals surface area (Å²) < 4.78 is 47.5. The molecule has 1 saturated heterocycles. The van der Waals surface area contributed by atoms with Gasteiger partial charge in [0.25, 0.3) is 5.91 Å². The number of anilines is 1. The largest absolute Gasteiger partial charge is 0.460 e. The van der Waals surface area contributed by atoms with Crippen LogP contribution in [0.15, 0.2) is 59.4 Å². The van der Waals surface area contributed by atoms with Crippen molar-refractivity contribution in [3.63, 3.8) is 0 Å². The molecule has 1 amide bonds. The fraction of sp³-hybridized carbons (Fsp3) is 0.276. The van der Waals surface area contributed by atoms with Crippen LogP contribution >= 0.6 is 0 Å². The number of benzene rings is 1. The van der Waals surface area contributed by atoms with Crippen molar-refractivity contribution in [2.75, 3.05) is 39.0 Å². The summed E-state index contributed by atoms with van der Waals surface area (Å²) in [4.78, 5) is 41.3. The summed E-state index contributed by atoms with van der Waals surface area (Å²) in [5.74, 6) is 0.212. The molecule has 1 aliphatic heterocycles. The zero-order valence-corrected chi connectivity index (χ0v) is 22.2. The molecule has 5 rings (SSSR count). The summed E-state index contributed by atoms with van der Waals surface area (Å²) in [6.45, 7) is 2.66. The van der Waals surface area contributed by atoms with Crippen LogP contribution in [0, 0.1) is 0 Å². The van der Waals surface area contributed by atoms with Gasteiger partial charge in [-0.3, -0.25) is 9.59 Å². The highest BCUT2D eigenvalue weighted by molar-refractivity contribution is 5.94. The number of carbonyl (C=O) groups excluding carboxylic acids is 2. The van der Waals surface area contributed by atoms with Gasteiger partial charge in [-0.2, -0.15) is 13.2 Å². The molecule has 0 atom stereocenters. The summed E-state index contributed by atoms with van der Waals surface area (Å²) in [7, 11) is 1.98. The van der Waals surface area contributed by atoms with Crippen LogP contribution in [0.2, 0.25) is 0 Å². The minimum atomic E-state index is -4.70. The number of carbonyl (C=O) groups is 2. The van der Waals surface area contributed by atoms with Crippen LogP contribution in [0.3, 0.4) is 0 Å². The normalized spacial score (nSPS) is 14.7. The van der Waals surface area contributed by atoms with Gasteiger partial charge in [0.15, 0.2) is 11.6 Å². The van der Waals surface area contributed by atoms with E-state index in [1.807, 2.05) is 7.05 Å². The van der Waals surface area contributed by atoms with Gasteiger partial charge in [-0.05, 0) is 55.1 Å². The molecule has 9 nitrogen and oxygen atoms in total. The van der Waals surface area contributed by atoms with E-state index in [1.54, 1.807) is 23.1 Å². The monoisotopic (exact) mass is 564 g/mol. The molecule has 0 radical (unpaired) electrons. The Morgan fingerprint density at radius 2 is 1.76 bits per heavy atom. The highest BCUT2D eigenvalue weighted by Gasteiger charge is 2.35. The first-order valence-electron chi connectivity index (χ1n) is 12.9.